The van der Waals surface area contributed by atoms with Gasteiger partial charge in [-0.15, -0.1) is 24.0 Å². The van der Waals surface area contributed by atoms with Crippen LogP contribution in [-0.2, 0) is 11.2 Å². The van der Waals surface area contributed by atoms with Gasteiger partial charge in [-0.2, -0.15) is 0 Å². The maximum atomic E-state index is 6.02. The molecule has 1 unspecified atom stereocenters. The first kappa shape index (κ1) is 21.5. The van der Waals surface area contributed by atoms with E-state index >= 15 is 0 Å². The summed E-state index contributed by atoms with van der Waals surface area (Å²) in [4.78, 5) is 4.43. The third-order valence-corrected chi connectivity index (χ3v) is 3.30. The van der Waals surface area contributed by atoms with Crippen LogP contribution in [0.15, 0.2) is 29.3 Å². The number of hydrogen-bond acceptors (Lipinski definition) is 2. The van der Waals surface area contributed by atoms with Crippen LogP contribution in [0.3, 0.4) is 0 Å². The van der Waals surface area contributed by atoms with E-state index in [1.807, 2.05) is 25.1 Å². The molecule has 0 heterocycles. The molecule has 0 spiro atoms. The van der Waals surface area contributed by atoms with Crippen LogP contribution < -0.4 is 11.1 Å². The molecule has 0 aliphatic heterocycles. The Hall–Kier alpha value is -0.530. The van der Waals surface area contributed by atoms with Crippen molar-refractivity contribution in [2.45, 2.75) is 33.2 Å². The van der Waals surface area contributed by atoms with Crippen molar-refractivity contribution in [1.82, 2.24) is 5.32 Å². The minimum atomic E-state index is 0. The van der Waals surface area contributed by atoms with Gasteiger partial charge in [-0.3, -0.25) is 4.99 Å². The summed E-state index contributed by atoms with van der Waals surface area (Å²) in [5.74, 6) is 0.457. The number of halogens is 2. The van der Waals surface area contributed by atoms with E-state index in [-0.39, 0.29) is 35.4 Å². The molecule has 1 rings (SSSR count). The molecule has 1 atom stereocenters. The molecule has 4 nitrogen and oxygen atoms in total. The van der Waals surface area contributed by atoms with E-state index in [1.165, 1.54) is 5.56 Å². The van der Waals surface area contributed by atoms with Crippen LogP contribution >= 0.6 is 35.6 Å². The van der Waals surface area contributed by atoms with E-state index in [9.17, 15) is 0 Å². The number of ether oxygens (including phenoxy) is 1. The number of guanidine groups is 1. The maximum absolute atomic E-state index is 6.02. The summed E-state index contributed by atoms with van der Waals surface area (Å²) < 4.78 is 5.05. The van der Waals surface area contributed by atoms with Crippen LogP contribution in [0.25, 0.3) is 0 Å². The molecule has 0 saturated heterocycles. The van der Waals surface area contributed by atoms with Crippen molar-refractivity contribution < 1.29 is 4.74 Å². The molecule has 1 aromatic rings. The average Bonchev–Trinajstić information content (AvgIpc) is 2.36. The normalized spacial score (nSPS) is 13.4. The number of nitrogens with one attached hydrogen (secondary N) is 1. The first-order chi connectivity index (χ1) is 9.82. The van der Waals surface area contributed by atoms with Gasteiger partial charge in [0.25, 0.3) is 0 Å². The highest BCUT2D eigenvalue weighted by Gasteiger charge is 2.18. The Morgan fingerprint density at radius 1 is 1.45 bits per heavy atom. The Kier molecular flexibility index (Phi) is 10.0. The van der Waals surface area contributed by atoms with Crippen molar-refractivity contribution in [1.29, 1.82) is 0 Å². The Morgan fingerprint density at radius 2 is 2.14 bits per heavy atom. The van der Waals surface area contributed by atoms with Gasteiger partial charge in [-0.25, -0.2) is 0 Å². The lowest BCUT2D eigenvalue weighted by Crippen LogP contribution is -2.41. The van der Waals surface area contributed by atoms with E-state index in [0.717, 1.165) is 11.4 Å². The molecule has 0 aliphatic rings. The van der Waals surface area contributed by atoms with Gasteiger partial charge in [0.05, 0.1) is 6.61 Å². The highest BCUT2D eigenvalue weighted by molar-refractivity contribution is 14.0. The summed E-state index contributed by atoms with van der Waals surface area (Å²) in [6.45, 7) is 7.59. The molecule has 22 heavy (non-hydrogen) atoms. The molecule has 3 N–H and O–H groups in total. The lowest BCUT2D eigenvalue weighted by atomic mass is 9.86. The van der Waals surface area contributed by atoms with Gasteiger partial charge in [0.15, 0.2) is 5.96 Å². The number of aliphatic imine (C=N–C) groups is 1. The fourth-order valence-electron chi connectivity index (χ4n) is 2.14. The van der Waals surface area contributed by atoms with E-state index < -0.39 is 0 Å². The number of nitrogens with two attached hydrogens (primary N) is 1. The third-order valence-electron chi connectivity index (χ3n) is 3.06. The van der Waals surface area contributed by atoms with Gasteiger partial charge in [-0.1, -0.05) is 37.6 Å². The van der Waals surface area contributed by atoms with Crippen molar-refractivity contribution in [2.24, 2.45) is 16.1 Å². The quantitative estimate of drug-likeness (QED) is 0.388. The zero-order chi connectivity index (χ0) is 15.9. The SMILES string of the molecule is COCC(C)NC(N)=NCC(C)(C)Cc1cccc(Cl)c1.I. The van der Waals surface area contributed by atoms with E-state index in [1.54, 1.807) is 7.11 Å². The van der Waals surface area contributed by atoms with E-state index in [0.29, 0.717) is 19.1 Å². The Balaban J connectivity index is 0.00000441. The minimum absolute atomic E-state index is 0. The van der Waals surface area contributed by atoms with Gasteiger partial charge >= 0.3 is 0 Å². The van der Waals surface area contributed by atoms with Gasteiger partial charge in [0, 0.05) is 24.7 Å². The van der Waals surface area contributed by atoms with Crippen molar-refractivity contribution >= 4 is 41.5 Å². The van der Waals surface area contributed by atoms with Crippen molar-refractivity contribution in [3.8, 4) is 0 Å². The smallest absolute Gasteiger partial charge is 0.188 e. The molecule has 0 bridgehead atoms. The predicted molar refractivity (Wildman–Crippen MR) is 105 cm³/mol. The predicted octanol–water partition coefficient (Wildman–Crippen LogP) is 3.47. The lowest BCUT2D eigenvalue weighted by Gasteiger charge is -2.23. The molecule has 0 radical (unpaired) electrons. The van der Waals surface area contributed by atoms with Crippen LogP contribution in [0.4, 0.5) is 0 Å². The molecular formula is C16H27ClIN3O. The summed E-state index contributed by atoms with van der Waals surface area (Å²) in [7, 11) is 1.67. The number of benzene rings is 1. The van der Waals surface area contributed by atoms with Crippen LogP contribution in [0.2, 0.25) is 5.02 Å². The van der Waals surface area contributed by atoms with Crippen LogP contribution in [0.1, 0.15) is 26.3 Å². The highest BCUT2D eigenvalue weighted by Crippen LogP contribution is 2.23. The van der Waals surface area contributed by atoms with Crippen molar-refractivity contribution in [3.63, 3.8) is 0 Å². The Morgan fingerprint density at radius 3 is 2.73 bits per heavy atom. The zero-order valence-electron chi connectivity index (χ0n) is 13.7. The minimum Gasteiger partial charge on any atom is -0.383 e. The molecule has 126 valence electrons. The summed E-state index contributed by atoms with van der Waals surface area (Å²) in [5, 5.41) is 3.87. The summed E-state index contributed by atoms with van der Waals surface area (Å²) in [5.41, 5.74) is 7.12. The summed E-state index contributed by atoms with van der Waals surface area (Å²) in [6.07, 6.45) is 0.901. The molecule has 0 aliphatic carbocycles. The summed E-state index contributed by atoms with van der Waals surface area (Å²) >= 11 is 6.02. The van der Waals surface area contributed by atoms with E-state index in [2.05, 4.69) is 30.2 Å². The first-order valence-corrected chi connectivity index (χ1v) is 7.50. The van der Waals surface area contributed by atoms with Gasteiger partial charge in [0.1, 0.15) is 0 Å². The topological polar surface area (TPSA) is 59.6 Å². The molecule has 0 fully saturated rings. The molecule has 6 heteroatoms. The number of methoxy groups -OCH3 is 1. The summed E-state index contributed by atoms with van der Waals surface area (Å²) in [6, 6.07) is 8.08. The average molecular weight is 440 g/mol. The fourth-order valence-corrected chi connectivity index (χ4v) is 2.36. The second-order valence-electron chi connectivity index (χ2n) is 6.17. The number of hydrogen-bond donors (Lipinski definition) is 2. The fraction of sp³-hybridized carbons (Fsp3) is 0.562. The second-order valence-corrected chi connectivity index (χ2v) is 6.61. The lowest BCUT2D eigenvalue weighted by molar-refractivity contribution is 0.179. The highest BCUT2D eigenvalue weighted by atomic mass is 127. The number of rotatable bonds is 7. The third kappa shape index (κ3) is 8.80. The zero-order valence-corrected chi connectivity index (χ0v) is 16.8. The second kappa shape index (κ2) is 10.3. The molecule has 0 saturated carbocycles. The van der Waals surface area contributed by atoms with Crippen LogP contribution in [-0.4, -0.2) is 32.3 Å². The number of nitrogens with zero attached hydrogens (tertiary/aromatic N) is 1. The Labute approximate surface area is 155 Å². The maximum Gasteiger partial charge on any atom is 0.188 e. The standard InChI is InChI=1S/C16H26ClN3O.HI/c1-12(10-21-4)20-15(18)19-11-16(2,3)9-13-6-5-7-14(17)8-13;/h5-8,12H,9-11H2,1-4H3,(H3,18,19,20);1H. The van der Waals surface area contributed by atoms with Crippen LogP contribution in [0, 0.1) is 5.41 Å². The monoisotopic (exact) mass is 439 g/mol. The van der Waals surface area contributed by atoms with Crippen LogP contribution in [0.5, 0.6) is 0 Å². The molecule has 0 amide bonds. The molecule has 0 aromatic heterocycles. The molecular weight excluding hydrogens is 413 g/mol. The van der Waals surface area contributed by atoms with Gasteiger partial charge < -0.3 is 15.8 Å². The largest absolute Gasteiger partial charge is 0.383 e. The Bertz CT molecular complexity index is 480. The van der Waals surface area contributed by atoms with Gasteiger partial charge in [0.2, 0.25) is 0 Å². The molecule has 1 aromatic carbocycles. The van der Waals surface area contributed by atoms with Crippen molar-refractivity contribution in [2.75, 3.05) is 20.3 Å². The van der Waals surface area contributed by atoms with E-state index in [4.69, 9.17) is 22.1 Å². The van der Waals surface area contributed by atoms with Crippen molar-refractivity contribution in [3.05, 3.63) is 34.9 Å². The van der Waals surface area contributed by atoms with Gasteiger partial charge in [-0.05, 0) is 36.5 Å². The first-order valence-electron chi connectivity index (χ1n) is 7.12.